The van der Waals surface area contributed by atoms with Crippen LogP contribution in [-0.2, 0) is 23.1 Å². The molecule has 1 aliphatic rings. The van der Waals surface area contributed by atoms with Crippen molar-refractivity contribution in [1.29, 1.82) is 0 Å². The lowest BCUT2D eigenvalue weighted by atomic mass is 9.82. The van der Waals surface area contributed by atoms with E-state index in [1.54, 1.807) is 6.33 Å². The third kappa shape index (κ3) is 1.92. The molecule has 0 aliphatic heterocycles. The molecule has 4 heteroatoms. The molecular formula is C12H16N2O2. The van der Waals surface area contributed by atoms with Crippen molar-refractivity contribution in [2.75, 3.05) is 0 Å². The van der Waals surface area contributed by atoms with Crippen molar-refractivity contribution in [1.82, 2.24) is 9.97 Å². The van der Waals surface area contributed by atoms with Crippen LogP contribution in [0.4, 0.5) is 0 Å². The first-order chi connectivity index (χ1) is 7.50. The average Bonchev–Trinajstić information content (AvgIpc) is 2.62. The number of nitrogens with zero attached hydrogens (tertiary/aromatic N) is 2. The van der Waals surface area contributed by atoms with Gasteiger partial charge in [0.25, 0.3) is 0 Å². The summed E-state index contributed by atoms with van der Waals surface area (Å²) < 4.78 is 0. The van der Waals surface area contributed by atoms with Crippen LogP contribution in [0.15, 0.2) is 6.33 Å². The zero-order valence-corrected chi connectivity index (χ0v) is 9.66. The summed E-state index contributed by atoms with van der Waals surface area (Å²) in [6.45, 7) is 3.87. The van der Waals surface area contributed by atoms with Crippen LogP contribution in [0.3, 0.4) is 0 Å². The van der Waals surface area contributed by atoms with E-state index in [9.17, 15) is 4.79 Å². The lowest BCUT2D eigenvalue weighted by Gasteiger charge is -2.24. The molecule has 0 aromatic carbocycles. The number of aliphatic carboxylic acids is 1. The van der Waals surface area contributed by atoms with Gasteiger partial charge in [-0.15, -0.1) is 0 Å². The summed E-state index contributed by atoms with van der Waals surface area (Å²) in [6.07, 6.45) is 4.74. The molecule has 0 saturated heterocycles. The van der Waals surface area contributed by atoms with Gasteiger partial charge in [-0.2, -0.15) is 0 Å². The number of carboxylic acid groups (broad SMARTS) is 1. The topological polar surface area (TPSA) is 63.1 Å². The zero-order chi connectivity index (χ0) is 11.8. The van der Waals surface area contributed by atoms with Gasteiger partial charge in [0.15, 0.2) is 0 Å². The van der Waals surface area contributed by atoms with Crippen molar-refractivity contribution in [3.63, 3.8) is 0 Å². The number of aromatic nitrogens is 2. The highest BCUT2D eigenvalue weighted by Crippen LogP contribution is 2.32. The monoisotopic (exact) mass is 220 g/mol. The van der Waals surface area contributed by atoms with E-state index in [2.05, 4.69) is 9.97 Å². The second-order valence-corrected chi connectivity index (χ2v) is 4.96. The summed E-state index contributed by atoms with van der Waals surface area (Å²) in [5.41, 5.74) is 2.78. The fourth-order valence-corrected chi connectivity index (χ4v) is 2.40. The highest BCUT2D eigenvalue weighted by atomic mass is 16.4. The Labute approximate surface area is 94.7 Å². The zero-order valence-electron chi connectivity index (χ0n) is 9.66. The molecule has 2 rings (SSSR count). The van der Waals surface area contributed by atoms with Gasteiger partial charge in [0.2, 0.25) is 0 Å². The smallest absolute Gasteiger partial charge is 0.304 e. The first-order valence-corrected chi connectivity index (χ1v) is 5.56. The molecule has 0 fully saturated rings. The number of fused-ring (bicyclic) bond motifs is 1. The molecule has 1 aliphatic carbocycles. The van der Waals surface area contributed by atoms with Crippen molar-refractivity contribution >= 4 is 5.97 Å². The summed E-state index contributed by atoms with van der Waals surface area (Å²) in [4.78, 5) is 19.4. The predicted octanol–water partition coefficient (Wildman–Crippen LogP) is 1.72. The maximum Gasteiger partial charge on any atom is 0.304 e. The quantitative estimate of drug-likeness (QED) is 0.842. The van der Waals surface area contributed by atoms with Crippen molar-refractivity contribution in [2.24, 2.45) is 0 Å². The van der Waals surface area contributed by atoms with E-state index in [0.717, 1.165) is 30.7 Å². The number of carbonyl (C=O) groups is 1. The van der Waals surface area contributed by atoms with Gasteiger partial charge in [-0.3, -0.25) is 4.79 Å². The maximum absolute atomic E-state index is 10.8. The maximum atomic E-state index is 10.8. The fraction of sp³-hybridized carbons (Fsp3) is 0.583. The van der Waals surface area contributed by atoms with Gasteiger partial charge < -0.3 is 5.11 Å². The summed E-state index contributed by atoms with van der Waals surface area (Å²) >= 11 is 0. The summed E-state index contributed by atoms with van der Waals surface area (Å²) in [7, 11) is 0. The first kappa shape index (κ1) is 11.0. The molecule has 1 aromatic heterocycles. The van der Waals surface area contributed by atoms with Gasteiger partial charge >= 0.3 is 5.97 Å². The molecule has 4 nitrogen and oxygen atoms in total. The van der Waals surface area contributed by atoms with Gasteiger partial charge in [-0.25, -0.2) is 9.97 Å². The molecule has 0 spiro atoms. The SMILES string of the molecule is CC(C)(CC(=O)O)c1ncnc2c1CCC2. The Hall–Kier alpha value is -1.45. The van der Waals surface area contributed by atoms with E-state index in [1.807, 2.05) is 13.8 Å². The Balaban J connectivity index is 2.40. The number of hydrogen-bond donors (Lipinski definition) is 1. The van der Waals surface area contributed by atoms with Gasteiger partial charge in [-0.05, 0) is 24.8 Å². The Morgan fingerprint density at radius 1 is 1.44 bits per heavy atom. The number of rotatable bonds is 3. The average molecular weight is 220 g/mol. The molecule has 0 radical (unpaired) electrons. The normalized spacial score (nSPS) is 14.9. The minimum absolute atomic E-state index is 0.108. The lowest BCUT2D eigenvalue weighted by molar-refractivity contribution is -0.138. The van der Waals surface area contributed by atoms with Crippen molar-refractivity contribution in [3.8, 4) is 0 Å². The molecular weight excluding hydrogens is 204 g/mol. The Morgan fingerprint density at radius 2 is 2.19 bits per heavy atom. The third-order valence-corrected chi connectivity index (χ3v) is 3.11. The van der Waals surface area contributed by atoms with Crippen LogP contribution in [-0.4, -0.2) is 21.0 Å². The second kappa shape index (κ2) is 3.85. The van der Waals surface area contributed by atoms with Crippen LogP contribution in [0.1, 0.15) is 43.6 Å². The highest BCUT2D eigenvalue weighted by Gasteiger charge is 2.30. The van der Waals surface area contributed by atoms with E-state index in [4.69, 9.17) is 5.11 Å². The molecule has 1 heterocycles. The summed E-state index contributed by atoms with van der Waals surface area (Å²) in [5.74, 6) is -0.782. The van der Waals surface area contributed by atoms with Crippen molar-refractivity contribution in [3.05, 3.63) is 23.3 Å². The molecule has 1 N–H and O–H groups in total. The van der Waals surface area contributed by atoms with E-state index >= 15 is 0 Å². The second-order valence-electron chi connectivity index (χ2n) is 4.96. The number of carboxylic acids is 1. The number of aryl methyl sites for hydroxylation is 1. The molecule has 0 atom stereocenters. The van der Waals surface area contributed by atoms with Crippen molar-refractivity contribution < 1.29 is 9.90 Å². The molecule has 0 unspecified atom stereocenters. The Bertz CT molecular complexity index is 427. The number of hydrogen-bond acceptors (Lipinski definition) is 3. The largest absolute Gasteiger partial charge is 0.481 e. The first-order valence-electron chi connectivity index (χ1n) is 5.56. The Morgan fingerprint density at radius 3 is 2.88 bits per heavy atom. The summed E-state index contributed by atoms with van der Waals surface area (Å²) in [5, 5.41) is 8.92. The van der Waals surface area contributed by atoms with E-state index in [1.165, 1.54) is 5.56 Å². The van der Waals surface area contributed by atoms with E-state index in [0.29, 0.717) is 0 Å². The van der Waals surface area contributed by atoms with Gasteiger partial charge in [0, 0.05) is 11.1 Å². The molecule has 0 bridgehead atoms. The lowest BCUT2D eigenvalue weighted by Crippen LogP contribution is -2.25. The van der Waals surface area contributed by atoms with Gasteiger partial charge in [0.1, 0.15) is 6.33 Å². The van der Waals surface area contributed by atoms with Crippen molar-refractivity contribution in [2.45, 2.75) is 44.9 Å². The predicted molar refractivity (Wildman–Crippen MR) is 59.3 cm³/mol. The van der Waals surface area contributed by atoms with E-state index < -0.39 is 11.4 Å². The van der Waals surface area contributed by atoms with Crippen LogP contribution < -0.4 is 0 Å². The molecule has 1 aromatic rings. The van der Waals surface area contributed by atoms with Gasteiger partial charge in [0.05, 0.1) is 12.1 Å². The van der Waals surface area contributed by atoms with Crippen LogP contribution >= 0.6 is 0 Å². The third-order valence-electron chi connectivity index (χ3n) is 3.11. The minimum atomic E-state index is -0.782. The van der Waals surface area contributed by atoms with Crippen LogP contribution in [0.2, 0.25) is 0 Å². The summed E-state index contributed by atoms with van der Waals surface area (Å²) in [6, 6.07) is 0. The molecule has 0 saturated carbocycles. The van der Waals surface area contributed by atoms with Crippen LogP contribution in [0, 0.1) is 0 Å². The molecule has 86 valence electrons. The Kier molecular flexibility index (Phi) is 2.66. The standard InChI is InChI=1S/C12H16N2O2/c1-12(2,6-10(15)16)11-8-4-3-5-9(8)13-7-14-11/h7H,3-6H2,1-2H3,(H,15,16). The molecule has 16 heavy (non-hydrogen) atoms. The van der Waals surface area contributed by atoms with Crippen LogP contribution in [0.25, 0.3) is 0 Å². The fourth-order valence-electron chi connectivity index (χ4n) is 2.40. The molecule has 0 amide bonds. The highest BCUT2D eigenvalue weighted by molar-refractivity contribution is 5.68. The van der Waals surface area contributed by atoms with Gasteiger partial charge in [-0.1, -0.05) is 13.8 Å². The minimum Gasteiger partial charge on any atom is -0.481 e. The van der Waals surface area contributed by atoms with Crippen LogP contribution in [0.5, 0.6) is 0 Å². The van der Waals surface area contributed by atoms with E-state index in [-0.39, 0.29) is 6.42 Å².